The third-order valence-corrected chi connectivity index (χ3v) is 7.46. The van der Waals surface area contributed by atoms with Gasteiger partial charge in [-0.15, -0.1) is 0 Å². The molecule has 1 unspecified atom stereocenters. The summed E-state index contributed by atoms with van der Waals surface area (Å²) in [6, 6.07) is 8.00. The number of hydrogen-bond donors (Lipinski definition) is 2. The van der Waals surface area contributed by atoms with E-state index in [1.165, 1.54) is 24.8 Å². The van der Waals surface area contributed by atoms with Gasteiger partial charge in [0.25, 0.3) is 5.91 Å². The van der Waals surface area contributed by atoms with Crippen LogP contribution in [-0.4, -0.2) is 54.2 Å². The van der Waals surface area contributed by atoms with Crippen LogP contribution < -0.4 is 10.6 Å². The van der Waals surface area contributed by atoms with Gasteiger partial charge in [-0.1, -0.05) is 31.4 Å². The van der Waals surface area contributed by atoms with E-state index in [4.69, 9.17) is 0 Å². The molecule has 0 bridgehead atoms. The fourth-order valence-electron chi connectivity index (χ4n) is 5.24. The molecule has 2 amide bonds. The molecule has 4 rings (SSSR count). The first-order valence-corrected chi connectivity index (χ1v) is 12.4. The SMILES string of the molecule is CC(=O)C(NC(=O)c1ccc(C2CCN(C(=O)CNC3CC3)CC2)cc1)C1CCCCC1. The van der Waals surface area contributed by atoms with E-state index >= 15 is 0 Å². The predicted octanol–water partition coefficient (Wildman–Crippen LogP) is 3.41. The summed E-state index contributed by atoms with van der Waals surface area (Å²) in [4.78, 5) is 39.3. The summed E-state index contributed by atoms with van der Waals surface area (Å²) >= 11 is 0. The van der Waals surface area contributed by atoms with E-state index in [-0.39, 0.29) is 29.6 Å². The van der Waals surface area contributed by atoms with E-state index in [9.17, 15) is 14.4 Å². The van der Waals surface area contributed by atoms with E-state index in [1.54, 1.807) is 6.92 Å². The highest BCUT2D eigenvalue weighted by Crippen LogP contribution is 2.29. The van der Waals surface area contributed by atoms with Gasteiger partial charge < -0.3 is 15.5 Å². The number of piperidine rings is 1. The Morgan fingerprint density at radius 2 is 1.59 bits per heavy atom. The Bertz CT molecular complexity index is 804. The van der Waals surface area contributed by atoms with Crippen molar-refractivity contribution in [2.24, 2.45) is 5.92 Å². The average molecular weight is 440 g/mol. The Labute approximate surface area is 191 Å². The Morgan fingerprint density at radius 1 is 0.938 bits per heavy atom. The zero-order valence-electron chi connectivity index (χ0n) is 19.3. The summed E-state index contributed by atoms with van der Waals surface area (Å²) in [5.74, 6) is 0.776. The number of benzene rings is 1. The van der Waals surface area contributed by atoms with Crippen LogP contribution in [0, 0.1) is 5.92 Å². The van der Waals surface area contributed by atoms with Gasteiger partial charge in [0.05, 0.1) is 12.6 Å². The molecule has 6 heteroatoms. The van der Waals surface area contributed by atoms with Crippen LogP contribution in [0.25, 0.3) is 0 Å². The van der Waals surface area contributed by atoms with Gasteiger partial charge in [0.2, 0.25) is 5.91 Å². The largest absolute Gasteiger partial charge is 0.342 e. The summed E-state index contributed by atoms with van der Waals surface area (Å²) in [6.45, 7) is 3.63. The fraction of sp³-hybridized carbons (Fsp3) is 0.654. The molecule has 3 aliphatic rings. The molecule has 2 N–H and O–H groups in total. The molecule has 2 aliphatic carbocycles. The molecule has 1 saturated heterocycles. The van der Waals surface area contributed by atoms with Crippen molar-refractivity contribution in [3.05, 3.63) is 35.4 Å². The summed E-state index contributed by atoms with van der Waals surface area (Å²) in [6.07, 6.45) is 9.83. The smallest absolute Gasteiger partial charge is 0.251 e. The summed E-state index contributed by atoms with van der Waals surface area (Å²) < 4.78 is 0. The van der Waals surface area contributed by atoms with Crippen molar-refractivity contribution in [1.29, 1.82) is 0 Å². The van der Waals surface area contributed by atoms with Gasteiger partial charge in [0.15, 0.2) is 5.78 Å². The Balaban J connectivity index is 1.28. The van der Waals surface area contributed by atoms with E-state index in [0.717, 1.165) is 51.6 Å². The number of Topliss-reactive ketones (excluding diaryl/α,β-unsaturated/α-hetero) is 1. The Kier molecular flexibility index (Phi) is 7.61. The molecule has 6 nitrogen and oxygen atoms in total. The second kappa shape index (κ2) is 10.6. The molecule has 32 heavy (non-hydrogen) atoms. The lowest BCUT2D eigenvalue weighted by Gasteiger charge is -2.32. The monoisotopic (exact) mass is 439 g/mol. The third-order valence-electron chi connectivity index (χ3n) is 7.46. The van der Waals surface area contributed by atoms with Crippen molar-refractivity contribution in [2.75, 3.05) is 19.6 Å². The lowest BCUT2D eigenvalue weighted by atomic mass is 9.82. The van der Waals surface area contributed by atoms with Gasteiger partial charge in [-0.2, -0.15) is 0 Å². The standard InChI is InChI=1S/C26H37N3O3/c1-18(30)25(21-5-3-2-4-6-21)28-26(32)22-9-7-19(8-10-22)20-13-15-29(16-14-20)24(31)17-27-23-11-12-23/h7-10,20-21,23,25,27H,2-6,11-17H2,1H3,(H,28,32). The van der Waals surface area contributed by atoms with Crippen LogP contribution in [0.4, 0.5) is 0 Å². The second-order valence-corrected chi connectivity index (χ2v) is 9.89. The topological polar surface area (TPSA) is 78.5 Å². The van der Waals surface area contributed by atoms with Crippen molar-refractivity contribution in [3.8, 4) is 0 Å². The highest BCUT2D eigenvalue weighted by molar-refractivity contribution is 5.97. The molecule has 2 saturated carbocycles. The molecule has 3 fully saturated rings. The van der Waals surface area contributed by atoms with E-state index < -0.39 is 0 Å². The zero-order chi connectivity index (χ0) is 22.5. The Morgan fingerprint density at radius 3 is 2.19 bits per heavy atom. The quantitative estimate of drug-likeness (QED) is 0.651. The molecule has 1 atom stereocenters. The van der Waals surface area contributed by atoms with Crippen LogP contribution in [-0.2, 0) is 9.59 Å². The molecular formula is C26H37N3O3. The van der Waals surface area contributed by atoms with Crippen molar-refractivity contribution < 1.29 is 14.4 Å². The van der Waals surface area contributed by atoms with E-state index in [2.05, 4.69) is 10.6 Å². The molecule has 174 valence electrons. The van der Waals surface area contributed by atoms with Crippen LogP contribution in [0.3, 0.4) is 0 Å². The van der Waals surface area contributed by atoms with Crippen molar-refractivity contribution in [3.63, 3.8) is 0 Å². The number of likely N-dealkylation sites (tertiary alicyclic amines) is 1. The van der Waals surface area contributed by atoms with E-state index in [1.807, 2.05) is 29.2 Å². The van der Waals surface area contributed by atoms with Crippen molar-refractivity contribution >= 4 is 17.6 Å². The predicted molar refractivity (Wildman–Crippen MR) is 125 cm³/mol. The number of nitrogens with zero attached hydrogens (tertiary/aromatic N) is 1. The molecule has 0 spiro atoms. The first-order valence-electron chi connectivity index (χ1n) is 12.4. The minimum Gasteiger partial charge on any atom is -0.342 e. The van der Waals surface area contributed by atoms with Crippen LogP contribution in [0.1, 0.15) is 86.6 Å². The van der Waals surface area contributed by atoms with Gasteiger partial charge >= 0.3 is 0 Å². The maximum absolute atomic E-state index is 12.8. The molecule has 1 aliphatic heterocycles. The van der Waals surface area contributed by atoms with Gasteiger partial charge in [-0.3, -0.25) is 14.4 Å². The molecule has 1 aromatic rings. The highest BCUT2D eigenvalue weighted by atomic mass is 16.2. The summed E-state index contributed by atoms with van der Waals surface area (Å²) in [7, 11) is 0. The number of rotatable bonds is 8. The van der Waals surface area contributed by atoms with Crippen molar-refractivity contribution in [1.82, 2.24) is 15.5 Å². The third kappa shape index (κ3) is 5.97. The van der Waals surface area contributed by atoms with Crippen molar-refractivity contribution in [2.45, 2.75) is 82.7 Å². The summed E-state index contributed by atoms with van der Waals surface area (Å²) in [5, 5.41) is 6.31. The minimum absolute atomic E-state index is 0.0514. The highest BCUT2D eigenvalue weighted by Gasteiger charge is 2.29. The molecule has 0 aromatic heterocycles. The van der Waals surface area contributed by atoms with Crippen LogP contribution in [0.5, 0.6) is 0 Å². The lowest BCUT2D eigenvalue weighted by molar-refractivity contribution is -0.131. The summed E-state index contributed by atoms with van der Waals surface area (Å²) in [5.41, 5.74) is 1.83. The molecular weight excluding hydrogens is 402 g/mol. The average Bonchev–Trinajstić information content (AvgIpc) is 3.66. The van der Waals surface area contributed by atoms with E-state index in [0.29, 0.717) is 24.1 Å². The maximum Gasteiger partial charge on any atom is 0.251 e. The fourth-order valence-corrected chi connectivity index (χ4v) is 5.24. The van der Waals surface area contributed by atoms with Gasteiger partial charge in [0, 0.05) is 24.7 Å². The number of ketones is 1. The van der Waals surface area contributed by atoms with Crippen LogP contribution >= 0.6 is 0 Å². The van der Waals surface area contributed by atoms with Gasteiger partial charge in [-0.05, 0) is 75.0 Å². The molecule has 1 aromatic carbocycles. The van der Waals surface area contributed by atoms with Gasteiger partial charge in [-0.25, -0.2) is 0 Å². The van der Waals surface area contributed by atoms with Crippen LogP contribution in [0.2, 0.25) is 0 Å². The molecule has 1 heterocycles. The number of amides is 2. The number of nitrogens with one attached hydrogen (secondary N) is 2. The first kappa shape index (κ1) is 23.0. The second-order valence-electron chi connectivity index (χ2n) is 9.89. The van der Waals surface area contributed by atoms with Crippen LogP contribution in [0.15, 0.2) is 24.3 Å². The van der Waals surface area contributed by atoms with Gasteiger partial charge in [0.1, 0.15) is 0 Å². The zero-order valence-corrected chi connectivity index (χ0v) is 19.3. The first-order chi connectivity index (χ1) is 15.5. The number of hydrogen-bond acceptors (Lipinski definition) is 4. The minimum atomic E-state index is -0.376. The normalized spacial score (nSPS) is 21.2. The number of carbonyl (C=O) groups excluding carboxylic acids is 3. The number of carbonyl (C=O) groups is 3. The molecule has 0 radical (unpaired) electrons. The Hall–Kier alpha value is -2.21. The lowest BCUT2D eigenvalue weighted by Crippen LogP contribution is -2.45. The maximum atomic E-state index is 12.8.